The van der Waals surface area contributed by atoms with E-state index < -0.39 is 0 Å². The van der Waals surface area contributed by atoms with E-state index in [1.807, 2.05) is 64.2 Å². The van der Waals surface area contributed by atoms with Crippen molar-refractivity contribution in [1.82, 2.24) is 0 Å². The van der Waals surface area contributed by atoms with Crippen LogP contribution in [0, 0.1) is 64.2 Å². The molecule has 2 nitrogen and oxygen atoms in total. The Labute approximate surface area is 140 Å². The number of rotatable bonds is 0. The molecule has 0 aromatic heterocycles. The van der Waals surface area contributed by atoms with Gasteiger partial charge in [0.15, 0.2) is 0 Å². The van der Waals surface area contributed by atoms with Crippen LogP contribution in [0.5, 0.6) is 0 Å². The third-order valence-corrected chi connectivity index (χ3v) is 1.11. The molecular weight excluding hydrogens is 403 g/mol. The molecule has 2 rings (SSSR count). The maximum absolute atomic E-state index is 8.06. The summed E-state index contributed by atoms with van der Waals surface area (Å²) in [7, 11) is 0. The first-order valence-electron chi connectivity index (χ1n) is 6.16. The van der Waals surface area contributed by atoms with Crippen LogP contribution in [0.2, 0.25) is 0 Å². The van der Waals surface area contributed by atoms with Crippen LogP contribution in [-0.4, -0.2) is 22.4 Å². The molecule has 2 aliphatic rings. The van der Waals surface area contributed by atoms with Crippen molar-refractivity contribution in [3.05, 3.63) is 64.2 Å². The van der Waals surface area contributed by atoms with Gasteiger partial charge in [0.25, 0.3) is 0 Å². The van der Waals surface area contributed by atoms with Crippen molar-refractivity contribution in [2.75, 3.05) is 0 Å². The Morgan fingerprint density at radius 1 is 0.474 bits per heavy atom. The molecule has 0 heterocycles. The first kappa shape index (κ1) is 24.8. The molecule has 2 fully saturated rings. The molecule has 0 aromatic rings. The summed E-state index contributed by atoms with van der Waals surface area (Å²) in [5, 5.41) is 16.1. The van der Waals surface area contributed by atoms with E-state index in [4.69, 9.17) is 10.2 Å². The van der Waals surface area contributed by atoms with Crippen LogP contribution in [-0.2, 0) is 25.8 Å². The van der Waals surface area contributed by atoms with Crippen molar-refractivity contribution in [2.24, 2.45) is 0 Å². The Kier molecular flexibility index (Phi) is 27.5. The Morgan fingerprint density at radius 3 is 0.579 bits per heavy atom. The third kappa shape index (κ3) is 45.5. The zero-order valence-corrected chi connectivity index (χ0v) is 15.9. The molecule has 0 saturated heterocycles. The van der Waals surface area contributed by atoms with Crippen molar-refractivity contribution in [3.8, 4) is 0 Å². The van der Waals surface area contributed by atoms with E-state index in [0.717, 1.165) is 0 Å². The van der Waals surface area contributed by atoms with E-state index in [2.05, 4.69) is 0 Å². The topological polar surface area (TPSA) is 40.5 Å². The third-order valence-electron chi connectivity index (χ3n) is 1.11. The molecule has 0 amide bonds. The van der Waals surface area contributed by atoms with Crippen molar-refractivity contribution >= 4 is 0 Å². The Hall–Kier alpha value is 0.790. The van der Waals surface area contributed by atoms with Crippen molar-refractivity contribution in [1.29, 1.82) is 0 Å². The second-order valence-electron chi connectivity index (χ2n) is 4.11. The van der Waals surface area contributed by atoms with Gasteiger partial charge < -0.3 is 10.2 Å². The van der Waals surface area contributed by atoms with Gasteiger partial charge in [0.05, 0.1) is 0 Å². The van der Waals surface area contributed by atoms with Crippen LogP contribution in [0.1, 0.15) is 27.7 Å². The fourth-order valence-electron chi connectivity index (χ4n) is 0.642. The summed E-state index contributed by atoms with van der Waals surface area (Å²) in [4.78, 5) is 0. The molecule has 10 radical (unpaired) electrons. The van der Waals surface area contributed by atoms with Gasteiger partial charge in [-0.25, -0.2) is 0 Å². The SMILES string of the molecule is CC(C)O.CC(C)O.[CH]1[CH][CH][CH][CH]1.[CH]1[CH][CH][CH][CH]1.[Hf]. The van der Waals surface area contributed by atoms with Crippen LogP contribution in [0.15, 0.2) is 0 Å². The summed E-state index contributed by atoms with van der Waals surface area (Å²) >= 11 is 0. The van der Waals surface area contributed by atoms with Gasteiger partial charge in [-0.3, -0.25) is 0 Å². The maximum Gasteiger partial charge on any atom is 0.0483 e. The van der Waals surface area contributed by atoms with Gasteiger partial charge in [-0.1, -0.05) is 0 Å². The molecule has 0 atom stereocenters. The van der Waals surface area contributed by atoms with Gasteiger partial charge in [0.2, 0.25) is 0 Å². The molecule has 2 N–H and O–H groups in total. The minimum Gasteiger partial charge on any atom is -0.394 e. The van der Waals surface area contributed by atoms with E-state index in [1.165, 1.54) is 0 Å². The van der Waals surface area contributed by atoms with Gasteiger partial charge in [0, 0.05) is 38.1 Å². The first-order valence-corrected chi connectivity index (χ1v) is 6.16. The van der Waals surface area contributed by atoms with E-state index >= 15 is 0 Å². The van der Waals surface area contributed by atoms with Crippen LogP contribution in [0.25, 0.3) is 0 Å². The standard InChI is InChI=1S/2C5H5.2C3H8O.Hf/c2*1-2-4-5-3-1;2*1-3(2)4;/h2*1-5H;2*3-4H,1-2H3;. The van der Waals surface area contributed by atoms with Crippen LogP contribution < -0.4 is 0 Å². The monoisotopic (exact) mass is 430 g/mol. The molecule has 106 valence electrons. The molecule has 3 heteroatoms. The summed E-state index contributed by atoms with van der Waals surface area (Å²) < 4.78 is 0. The van der Waals surface area contributed by atoms with Crippen LogP contribution in [0.3, 0.4) is 0 Å². The predicted octanol–water partition coefficient (Wildman–Crippen LogP) is 2.81. The Balaban J connectivity index is -0.000000178. The van der Waals surface area contributed by atoms with Crippen LogP contribution >= 0.6 is 0 Å². The van der Waals surface area contributed by atoms with Crippen LogP contribution in [0.4, 0.5) is 0 Å². The minimum absolute atomic E-state index is 0. The van der Waals surface area contributed by atoms with Gasteiger partial charge in [-0.05, 0) is 91.9 Å². The van der Waals surface area contributed by atoms with Gasteiger partial charge >= 0.3 is 0 Å². The first-order chi connectivity index (χ1) is 8.46. The maximum atomic E-state index is 8.06. The second-order valence-corrected chi connectivity index (χ2v) is 4.11. The summed E-state index contributed by atoms with van der Waals surface area (Å²) in [6.07, 6.45) is 19.7. The van der Waals surface area contributed by atoms with E-state index in [1.54, 1.807) is 27.7 Å². The van der Waals surface area contributed by atoms with E-state index in [0.29, 0.717) is 0 Å². The molecule has 0 aliphatic heterocycles. The molecule has 0 aromatic carbocycles. The molecular formula is C16H26HfO2. The molecule has 0 spiro atoms. The summed E-state index contributed by atoms with van der Waals surface area (Å²) in [5.41, 5.74) is 0. The van der Waals surface area contributed by atoms with Gasteiger partial charge in [-0.2, -0.15) is 0 Å². The van der Waals surface area contributed by atoms with E-state index in [9.17, 15) is 0 Å². The van der Waals surface area contributed by atoms with Crippen molar-refractivity contribution < 1.29 is 36.1 Å². The molecule has 0 bridgehead atoms. The summed E-state index contributed by atoms with van der Waals surface area (Å²) in [5.74, 6) is 0. The summed E-state index contributed by atoms with van der Waals surface area (Å²) in [6.45, 7) is 6.89. The summed E-state index contributed by atoms with van der Waals surface area (Å²) in [6, 6.07) is 0. The number of aliphatic hydroxyl groups excluding tert-OH is 2. The Morgan fingerprint density at radius 2 is 0.526 bits per heavy atom. The normalized spacial score (nSPS) is 16.4. The van der Waals surface area contributed by atoms with Gasteiger partial charge in [0.1, 0.15) is 0 Å². The predicted molar refractivity (Wildman–Crippen MR) is 77.7 cm³/mol. The quantitative estimate of drug-likeness (QED) is 0.582. The fourth-order valence-corrected chi connectivity index (χ4v) is 0.642. The largest absolute Gasteiger partial charge is 0.394 e. The zero-order chi connectivity index (χ0) is 14.2. The minimum atomic E-state index is -0.167. The smallest absolute Gasteiger partial charge is 0.0483 e. The average molecular weight is 429 g/mol. The molecule has 2 aliphatic carbocycles. The molecule has 0 unspecified atom stereocenters. The number of hydrogen-bond donors (Lipinski definition) is 2. The fraction of sp³-hybridized carbons (Fsp3) is 0.375. The average Bonchev–Trinajstić information content (AvgIpc) is 2.96. The molecule has 19 heavy (non-hydrogen) atoms. The zero-order valence-electron chi connectivity index (χ0n) is 12.3. The second kappa shape index (κ2) is 21.1. The molecule has 2 saturated carbocycles. The van der Waals surface area contributed by atoms with Gasteiger partial charge in [-0.15, -0.1) is 0 Å². The van der Waals surface area contributed by atoms with E-state index in [-0.39, 0.29) is 38.1 Å². The van der Waals surface area contributed by atoms with Crippen molar-refractivity contribution in [2.45, 2.75) is 39.9 Å². The Bertz CT molecular complexity index is 94.0. The number of hydrogen-bond acceptors (Lipinski definition) is 2. The number of aliphatic hydroxyl groups is 2. The van der Waals surface area contributed by atoms with Crippen molar-refractivity contribution in [3.63, 3.8) is 0 Å².